The van der Waals surface area contributed by atoms with Gasteiger partial charge in [-0.05, 0) is 5.56 Å². The largest absolute Gasteiger partial charge is 0.467 e. The zero-order valence-corrected chi connectivity index (χ0v) is 11.7. The molecule has 6 heteroatoms. The van der Waals surface area contributed by atoms with E-state index in [0.717, 1.165) is 0 Å². The van der Waals surface area contributed by atoms with Crippen molar-refractivity contribution in [1.82, 2.24) is 4.90 Å². The van der Waals surface area contributed by atoms with Crippen LogP contribution in [0.15, 0.2) is 30.3 Å². The van der Waals surface area contributed by atoms with Crippen LogP contribution in [0.25, 0.3) is 0 Å². The van der Waals surface area contributed by atoms with E-state index in [4.69, 9.17) is 4.74 Å². The lowest BCUT2D eigenvalue weighted by atomic mass is 9.99. The van der Waals surface area contributed by atoms with Gasteiger partial charge in [-0.15, -0.1) is 0 Å². The van der Waals surface area contributed by atoms with Crippen molar-refractivity contribution in [2.45, 2.75) is 12.0 Å². The molecule has 0 bridgehead atoms. The molecule has 110 valence electrons. The standard InChI is InChI=1S/C15H16N2O4/c1-20-15(19)13-10-17(7-8-21-13)14(18)12(9-16)11-5-3-2-4-6-11/h2-6,12-13H,7-8,10H2,1H3. The molecule has 1 saturated heterocycles. The Morgan fingerprint density at radius 2 is 2.14 bits per heavy atom. The van der Waals surface area contributed by atoms with Crippen LogP contribution in [0.3, 0.4) is 0 Å². The maximum Gasteiger partial charge on any atom is 0.336 e. The number of carbonyl (C=O) groups excluding carboxylic acids is 2. The van der Waals surface area contributed by atoms with Gasteiger partial charge in [0.2, 0.25) is 5.91 Å². The van der Waals surface area contributed by atoms with Crippen LogP contribution in [-0.2, 0) is 19.1 Å². The zero-order chi connectivity index (χ0) is 15.2. The predicted octanol–water partition coefficient (Wildman–Crippen LogP) is 0.694. The van der Waals surface area contributed by atoms with Crippen LogP contribution in [0.5, 0.6) is 0 Å². The SMILES string of the molecule is COC(=O)C1CN(C(=O)C(C#N)c2ccccc2)CCO1. The van der Waals surface area contributed by atoms with Gasteiger partial charge in [0.25, 0.3) is 0 Å². The summed E-state index contributed by atoms with van der Waals surface area (Å²) in [4.78, 5) is 25.5. The number of hydrogen-bond acceptors (Lipinski definition) is 5. The fraction of sp³-hybridized carbons (Fsp3) is 0.400. The molecule has 1 amide bonds. The van der Waals surface area contributed by atoms with E-state index in [1.807, 2.05) is 12.1 Å². The van der Waals surface area contributed by atoms with E-state index in [1.54, 1.807) is 24.3 Å². The normalized spacial score (nSPS) is 19.4. The summed E-state index contributed by atoms with van der Waals surface area (Å²) in [6.45, 7) is 0.715. The summed E-state index contributed by atoms with van der Waals surface area (Å²) in [5.74, 6) is -1.70. The molecule has 2 rings (SSSR count). The second kappa shape index (κ2) is 6.86. The van der Waals surface area contributed by atoms with E-state index >= 15 is 0 Å². The summed E-state index contributed by atoms with van der Waals surface area (Å²) in [6, 6.07) is 10.9. The van der Waals surface area contributed by atoms with Crippen molar-refractivity contribution in [2.24, 2.45) is 0 Å². The average molecular weight is 288 g/mol. The molecule has 21 heavy (non-hydrogen) atoms. The minimum atomic E-state index is -0.873. The van der Waals surface area contributed by atoms with E-state index in [9.17, 15) is 14.9 Å². The molecule has 1 heterocycles. The van der Waals surface area contributed by atoms with Gasteiger partial charge in [-0.2, -0.15) is 5.26 Å². The van der Waals surface area contributed by atoms with Gasteiger partial charge in [-0.3, -0.25) is 4.79 Å². The van der Waals surface area contributed by atoms with Gasteiger partial charge >= 0.3 is 5.97 Å². The number of nitriles is 1. The third-order valence-corrected chi connectivity index (χ3v) is 3.35. The number of ether oxygens (including phenoxy) is 2. The van der Waals surface area contributed by atoms with Gasteiger partial charge in [0, 0.05) is 6.54 Å². The molecule has 1 aromatic carbocycles. The first-order valence-corrected chi connectivity index (χ1v) is 6.60. The molecular weight excluding hydrogens is 272 g/mol. The summed E-state index contributed by atoms with van der Waals surface area (Å²) in [6.07, 6.45) is -0.789. The third kappa shape index (κ3) is 3.38. The Morgan fingerprint density at radius 1 is 1.43 bits per heavy atom. The molecule has 1 aromatic rings. The fourth-order valence-electron chi connectivity index (χ4n) is 2.22. The Hall–Kier alpha value is -2.39. The zero-order valence-electron chi connectivity index (χ0n) is 11.7. The maximum atomic E-state index is 12.5. The number of benzene rings is 1. The highest BCUT2D eigenvalue weighted by Gasteiger charge is 2.33. The lowest BCUT2D eigenvalue weighted by molar-refractivity contribution is -0.162. The Bertz CT molecular complexity index is 553. The molecule has 0 radical (unpaired) electrons. The number of nitrogens with zero attached hydrogens (tertiary/aromatic N) is 2. The van der Waals surface area contributed by atoms with Crippen LogP contribution in [0, 0.1) is 11.3 Å². The van der Waals surface area contributed by atoms with Crippen LogP contribution >= 0.6 is 0 Å². The van der Waals surface area contributed by atoms with Crippen molar-refractivity contribution < 1.29 is 19.1 Å². The Kier molecular flexibility index (Phi) is 4.90. The molecule has 0 aliphatic carbocycles. The number of rotatable bonds is 3. The van der Waals surface area contributed by atoms with Gasteiger partial charge in [0.1, 0.15) is 5.92 Å². The molecule has 1 aliphatic heterocycles. The van der Waals surface area contributed by atoms with Crippen molar-refractivity contribution in [3.8, 4) is 6.07 Å². The molecule has 1 fully saturated rings. The van der Waals surface area contributed by atoms with E-state index in [-0.39, 0.29) is 19.1 Å². The number of amides is 1. The van der Waals surface area contributed by atoms with Gasteiger partial charge in [-0.25, -0.2) is 4.79 Å². The van der Waals surface area contributed by atoms with Crippen molar-refractivity contribution in [3.63, 3.8) is 0 Å². The second-order valence-electron chi connectivity index (χ2n) is 4.64. The number of hydrogen-bond donors (Lipinski definition) is 0. The van der Waals surface area contributed by atoms with Crippen LogP contribution in [-0.4, -0.2) is 49.7 Å². The minimum Gasteiger partial charge on any atom is -0.467 e. The molecule has 1 aliphatic rings. The summed E-state index contributed by atoms with van der Waals surface area (Å²) < 4.78 is 9.90. The quantitative estimate of drug-likeness (QED) is 0.765. The second-order valence-corrected chi connectivity index (χ2v) is 4.64. The van der Waals surface area contributed by atoms with E-state index in [0.29, 0.717) is 12.1 Å². The Labute approximate surface area is 122 Å². The lowest BCUT2D eigenvalue weighted by Crippen LogP contribution is -2.50. The summed E-state index contributed by atoms with van der Waals surface area (Å²) in [7, 11) is 1.27. The van der Waals surface area contributed by atoms with Gasteiger partial charge in [0.05, 0.1) is 26.3 Å². The van der Waals surface area contributed by atoms with E-state index in [2.05, 4.69) is 4.74 Å². The number of methoxy groups -OCH3 is 1. The Morgan fingerprint density at radius 3 is 2.76 bits per heavy atom. The highest BCUT2D eigenvalue weighted by Crippen LogP contribution is 2.19. The molecule has 0 aromatic heterocycles. The van der Waals surface area contributed by atoms with Gasteiger partial charge in [-0.1, -0.05) is 30.3 Å². The monoisotopic (exact) mass is 288 g/mol. The maximum absolute atomic E-state index is 12.5. The molecule has 2 unspecified atom stereocenters. The lowest BCUT2D eigenvalue weighted by Gasteiger charge is -2.32. The van der Waals surface area contributed by atoms with Gasteiger partial charge < -0.3 is 14.4 Å². The van der Waals surface area contributed by atoms with Crippen molar-refractivity contribution >= 4 is 11.9 Å². The number of carbonyl (C=O) groups is 2. The molecule has 0 N–H and O–H groups in total. The third-order valence-electron chi connectivity index (χ3n) is 3.35. The first kappa shape index (κ1) is 15.0. The first-order chi connectivity index (χ1) is 10.2. The Balaban J connectivity index is 2.11. The van der Waals surface area contributed by atoms with E-state index < -0.39 is 18.0 Å². The molecule has 0 saturated carbocycles. The highest BCUT2D eigenvalue weighted by atomic mass is 16.6. The highest BCUT2D eigenvalue weighted by molar-refractivity contribution is 5.87. The van der Waals surface area contributed by atoms with Crippen LogP contribution in [0.1, 0.15) is 11.5 Å². The first-order valence-electron chi connectivity index (χ1n) is 6.60. The molecule has 2 atom stereocenters. The molecular formula is C15H16N2O4. The fourth-order valence-corrected chi connectivity index (χ4v) is 2.22. The number of esters is 1. The van der Waals surface area contributed by atoms with Crippen LogP contribution < -0.4 is 0 Å². The van der Waals surface area contributed by atoms with Gasteiger partial charge in [0.15, 0.2) is 6.10 Å². The van der Waals surface area contributed by atoms with E-state index in [1.165, 1.54) is 12.0 Å². The van der Waals surface area contributed by atoms with Crippen molar-refractivity contribution in [1.29, 1.82) is 5.26 Å². The number of morpholine rings is 1. The average Bonchev–Trinajstić information content (AvgIpc) is 2.55. The van der Waals surface area contributed by atoms with Crippen LogP contribution in [0.2, 0.25) is 0 Å². The topological polar surface area (TPSA) is 79.6 Å². The molecule has 0 spiro atoms. The smallest absolute Gasteiger partial charge is 0.336 e. The summed E-state index contributed by atoms with van der Waals surface area (Å²) in [5, 5.41) is 9.28. The minimum absolute atomic E-state index is 0.108. The molecule has 6 nitrogen and oxygen atoms in total. The van der Waals surface area contributed by atoms with Crippen molar-refractivity contribution in [3.05, 3.63) is 35.9 Å². The summed E-state index contributed by atoms with van der Waals surface area (Å²) in [5.41, 5.74) is 0.645. The predicted molar refractivity (Wildman–Crippen MR) is 73.1 cm³/mol. The van der Waals surface area contributed by atoms with Crippen LogP contribution in [0.4, 0.5) is 0 Å². The van der Waals surface area contributed by atoms with Crippen molar-refractivity contribution in [2.75, 3.05) is 26.8 Å². The summed E-state index contributed by atoms with van der Waals surface area (Å²) >= 11 is 0.